The highest BCUT2D eigenvalue weighted by molar-refractivity contribution is 7.92. The highest BCUT2D eigenvalue weighted by Gasteiger charge is 2.58. The summed E-state index contributed by atoms with van der Waals surface area (Å²) in [6.07, 6.45) is -4.91. The first-order valence-corrected chi connectivity index (χ1v) is 12.5. The van der Waals surface area contributed by atoms with Gasteiger partial charge in [-0.15, -0.1) is 0 Å². The molecule has 0 aliphatic carbocycles. The summed E-state index contributed by atoms with van der Waals surface area (Å²) in [7, 11) is 0. The summed E-state index contributed by atoms with van der Waals surface area (Å²) in [6.45, 7) is 1.72. The molecule has 1 saturated heterocycles. The minimum Gasteiger partial charge on any atom is -0.616 e. The Hall–Kier alpha value is -1.74. The fourth-order valence-corrected chi connectivity index (χ4v) is 5.94. The minimum atomic E-state index is -4.56. The van der Waals surface area contributed by atoms with Crippen LogP contribution in [0.15, 0.2) is 41.4 Å². The number of aliphatic imine (C=N–C) groups is 1. The molecule has 1 atom stereocenters. The molecule has 0 aromatic heterocycles. The van der Waals surface area contributed by atoms with E-state index in [1.807, 2.05) is 0 Å². The zero-order chi connectivity index (χ0) is 24.0. The highest BCUT2D eigenvalue weighted by atomic mass is 35.5. The third-order valence-electron chi connectivity index (χ3n) is 6.17. The van der Waals surface area contributed by atoms with Gasteiger partial charge in [0.15, 0.2) is 0 Å². The zero-order valence-corrected chi connectivity index (χ0v) is 20.0. The van der Waals surface area contributed by atoms with Gasteiger partial charge in [-0.1, -0.05) is 40.4 Å². The Morgan fingerprint density at radius 2 is 1.88 bits per heavy atom. The van der Waals surface area contributed by atoms with Crippen LogP contribution in [-0.2, 0) is 16.6 Å². The molecule has 176 valence electrons. The normalized spacial score (nSPS) is 24.9. The van der Waals surface area contributed by atoms with E-state index in [-0.39, 0.29) is 33.9 Å². The molecule has 0 saturated carbocycles. The fraction of sp³-hybridized carbons (Fsp3) is 0.391. The molecule has 4 nitrogen and oxygen atoms in total. The molecule has 0 bridgehead atoms. The number of halogens is 5. The van der Waals surface area contributed by atoms with Crippen molar-refractivity contribution in [2.45, 2.75) is 24.9 Å². The SMILES string of the molecule is Cc1cc(C2=NCC(c3cc(Cl)cc(Cl)c3)(C(F)(F)F)C2)ccc1C(=O)NCC1C[S+]([O-])C1. The highest BCUT2D eigenvalue weighted by Crippen LogP contribution is 2.48. The lowest BCUT2D eigenvalue weighted by Crippen LogP contribution is -2.44. The van der Waals surface area contributed by atoms with E-state index in [1.165, 1.54) is 18.2 Å². The number of rotatable bonds is 5. The Balaban J connectivity index is 1.53. The molecule has 10 heteroatoms. The number of alkyl halides is 3. The smallest absolute Gasteiger partial charge is 0.400 e. The zero-order valence-electron chi connectivity index (χ0n) is 17.6. The van der Waals surface area contributed by atoms with Gasteiger partial charge in [-0.3, -0.25) is 9.79 Å². The average Bonchev–Trinajstić information content (AvgIpc) is 3.16. The molecule has 1 fully saturated rings. The van der Waals surface area contributed by atoms with E-state index < -0.39 is 29.3 Å². The van der Waals surface area contributed by atoms with Crippen molar-refractivity contribution in [1.82, 2.24) is 5.32 Å². The quantitative estimate of drug-likeness (QED) is 0.561. The number of nitrogens with one attached hydrogen (secondary N) is 1. The molecule has 0 radical (unpaired) electrons. The van der Waals surface area contributed by atoms with Crippen LogP contribution in [0.1, 0.15) is 33.5 Å². The van der Waals surface area contributed by atoms with E-state index in [1.54, 1.807) is 25.1 Å². The molecule has 2 aromatic carbocycles. The van der Waals surface area contributed by atoms with Crippen LogP contribution in [0.5, 0.6) is 0 Å². The molecule has 2 heterocycles. The lowest BCUT2D eigenvalue weighted by atomic mass is 9.76. The molecular weight excluding hydrogens is 496 g/mol. The van der Waals surface area contributed by atoms with Gasteiger partial charge in [-0.25, -0.2) is 0 Å². The van der Waals surface area contributed by atoms with E-state index in [0.717, 1.165) is 0 Å². The van der Waals surface area contributed by atoms with Crippen molar-refractivity contribution in [2.24, 2.45) is 10.9 Å². The minimum absolute atomic E-state index is 0.0177. The summed E-state index contributed by atoms with van der Waals surface area (Å²) < 4.78 is 54.0. The van der Waals surface area contributed by atoms with E-state index in [9.17, 15) is 22.5 Å². The maximum absolute atomic E-state index is 14.3. The molecule has 33 heavy (non-hydrogen) atoms. The first-order valence-electron chi connectivity index (χ1n) is 10.3. The maximum atomic E-state index is 14.3. The number of carbonyl (C=O) groups excluding carboxylic acids is 1. The van der Waals surface area contributed by atoms with E-state index in [4.69, 9.17) is 23.2 Å². The number of nitrogens with zero attached hydrogens (tertiary/aromatic N) is 1. The van der Waals surface area contributed by atoms with Crippen LogP contribution in [0.25, 0.3) is 0 Å². The topological polar surface area (TPSA) is 64.5 Å². The van der Waals surface area contributed by atoms with Gasteiger partial charge in [0.2, 0.25) is 0 Å². The van der Waals surface area contributed by atoms with Crippen molar-refractivity contribution in [2.75, 3.05) is 24.6 Å². The molecular formula is C23H21Cl2F3N2O2S. The van der Waals surface area contributed by atoms with Gasteiger partial charge in [-0.2, -0.15) is 13.2 Å². The predicted molar refractivity (Wildman–Crippen MR) is 125 cm³/mol. The van der Waals surface area contributed by atoms with Gasteiger partial charge >= 0.3 is 6.18 Å². The number of hydrogen-bond donors (Lipinski definition) is 1. The van der Waals surface area contributed by atoms with Gasteiger partial charge in [0.25, 0.3) is 5.91 Å². The van der Waals surface area contributed by atoms with Crippen molar-refractivity contribution >= 4 is 46.0 Å². The molecule has 4 rings (SSSR count). The Kier molecular flexibility index (Phi) is 6.75. The standard InChI is InChI=1S/C23H21Cl2F3N2O2S/c1-13-4-15(2-3-19(13)21(31)29-9-14-10-33(32)11-14)20-8-22(12-30-20,23(26,27)28)16-5-17(24)7-18(25)6-16/h2-7,14H,8-12H2,1H3,(H,29,31). The van der Waals surface area contributed by atoms with Crippen molar-refractivity contribution in [3.63, 3.8) is 0 Å². The van der Waals surface area contributed by atoms with E-state index in [0.29, 0.717) is 40.5 Å². The van der Waals surface area contributed by atoms with Crippen LogP contribution < -0.4 is 5.32 Å². The van der Waals surface area contributed by atoms with Crippen molar-refractivity contribution in [3.05, 3.63) is 68.7 Å². The first kappa shape index (κ1) is 24.4. The second kappa shape index (κ2) is 9.13. The number of amides is 1. The second-order valence-corrected chi connectivity index (χ2v) is 11.0. The molecule has 2 aliphatic rings. The number of carbonyl (C=O) groups is 1. The Labute approximate surface area is 202 Å². The van der Waals surface area contributed by atoms with Crippen LogP contribution in [-0.4, -0.2) is 46.9 Å². The van der Waals surface area contributed by atoms with Crippen LogP contribution >= 0.6 is 23.2 Å². The molecule has 1 amide bonds. The van der Waals surface area contributed by atoms with Crippen molar-refractivity contribution < 1.29 is 22.5 Å². The Bertz CT molecular complexity index is 1100. The Morgan fingerprint density at radius 1 is 1.21 bits per heavy atom. The average molecular weight is 517 g/mol. The number of benzene rings is 2. The molecule has 1 N–H and O–H groups in total. The predicted octanol–water partition coefficient (Wildman–Crippen LogP) is 5.10. The van der Waals surface area contributed by atoms with E-state index in [2.05, 4.69) is 10.3 Å². The summed E-state index contributed by atoms with van der Waals surface area (Å²) in [5, 5.41) is 3.11. The third-order valence-corrected chi connectivity index (χ3v) is 8.29. The number of aryl methyl sites for hydroxylation is 1. The largest absolute Gasteiger partial charge is 0.616 e. The van der Waals surface area contributed by atoms with Gasteiger partial charge in [-0.05, 0) is 53.9 Å². The van der Waals surface area contributed by atoms with Gasteiger partial charge in [0, 0.05) is 34.3 Å². The fourth-order valence-electron chi connectivity index (χ4n) is 4.22. The monoisotopic (exact) mass is 516 g/mol. The lowest BCUT2D eigenvalue weighted by Gasteiger charge is -2.31. The molecule has 2 aliphatic heterocycles. The summed E-state index contributed by atoms with van der Waals surface area (Å²) in [5.74, 6) is 1.15. The van der Waals surface area contributed by atoms with Crippen LogP contribution in [0, 0.1) is 12.8 Å². The summed E-state index contributed by atoms with van der Waals surface area (Å²) in [5.41, 5.74) is -0.297. The maximum Gasteiger partial charge on any atom is 0.400 e. The second-order valence-electron chi connectivity index (χ2n) is 8.56. The van der Waals surface area contributed by atoms with Gasteiger partial charge in [0.1, 0.15) is 16.9 Å². The number of hydrogen-bond acceptors (Lipinski definition) is 3. The molecule has 0 spiro atoms. The van der Waals surface area contributed by atoms with Crippen molar-refractivity contribution in [3.8, 4) is 0 Å². The van der Waals surface area contributed by atoms with Crippen LogP contribution in [0.3, 0.4) is 0 Å². The Morgan fingerprint density at radius 3 is 2.45 bits per heavy atom. The lowest BCUT2D eigenvalue weighted by molar-refractivity contribution is -0.183. The van der Waals surface area contributed by atoms with Crippen LogP contribution in [0.4, 0.5) is 13.2 Å². The summed E-state index contributed by atoms with van der Waals surface area (Å²) in [6, 6.07) is 8.88. The third kappa shape index (κ3) is 4.90. The molecule has 1 unspecified atom stereocenters. The van der Waals surface area contributed by atoms with Crippen molar-refractivity contribution in [1.29, 1.82) is 0 Å². The van der Waals surface area contributed by atoms with E-state index >= 15 is 0 Å². The molecule has 2 aromatic rings. The van der Waals surface area contributed by atoms with Gasteiger partial charge in [0.05, 0.1) is 12.5 Å². The van der Waals surface area contributed by atoms with Gasteiger partial charge < -0.3 is 9.87 Å². The first-order chi connectivity index (χ1) is 15.5. The summed E-state index contributed by atoms with van der Waals surface area (Å²) >= 11 is 11.2. The summed E-state index contributed by atoms with van der Waals surface area (Å²) in [4.78, 5) is 16.8. The van der Waals surface area contributed by atoms with Crippen LogP contribution in [0.2, 0.25) is 10.0 Å².